The number of hydrogen-bond donors (Lipinski definition) is 2. The molecule has 2 aromatic rings. The highest BCUT2D eigenvalue weighted by Gasteiger charge is 2.04. The first-order valence-electron chi connectivity index (χ1n) is 7.99. The van der Waals surface area contributed by atoms with Gasteiger partial charge < -0.3 is 15.4 Å². The maximum atomic E-state index is 12.0. The molecule has 2 rings (SSSR count). The van der Waals surface area contributed by atoms with Gasteiger partial charge in [0.05, 0.1) is 12.9 Å². The molecular formula is C19H22N2O3S. The number of nitrogens with one attached hydrogen (secondary N) is 2. The number of urea groups is 1. The summed E-state index contributed by atoms with van der Waals surface area (Å²) in [4.78, 5) is 23.1. The van der Waals surface area contributed by atoms with Crippen molar-refractivity contribution in [2.45, 2.75) is 12.2 Å². The zero-order valence-corrected chi connectivity index (χ0v) is 15.0. The zero-order chi connectivity index (χ0) is 17.9. The van der Waals surface area contributed by atoms with E-state index < -0.39 is 0 Å². The summed E-state index contributed by atoms with van der Waals surface area (Å²) in [7, 11) is 1.38. The number of hydrogen-bond acceptors (Lipinski definition) is 4. The molecule has 0 heterocycles. The quantitative estimate of drug-likeness (QED) is 0.709. The van der Waals surface area contributed by atoms with Gasteiger partial charge in [0.2, 0.25) is 0 Å². The molecule has 5 nitrogen and oxygen atoms in total. The molecule has 0 unspecified atom stereocenters. The largest absolute Gasteiger partial charge is 0.468 e. The zero-order valence-electron chi connectivity index (χ0n) is 14.2. The molecule has 0 spiro atoms. The topological polar surface area (TPSA) is 67.4 Å². The number of thioether (sulfide) groups is 1. The van der Waals surface area contributed by atoms with Gasteiger partial charge in [-0.2, -0.15) is 0 Å². The molecular weight excluding hydrogens is 336 g/mol. The van der Waals surface area contributed by atoms with Crippen molar-refractivity contribution < 1.29 is 14.3 Å². The summed E-state index contributed by atoms with van der Waals surface area (Å²) in [6, 6.07) is 17.4. The van der Waals surface area contributed by atoms with Crippen molar-refractivity contribution in [3.05, 3.63) is 65.7 Å². The monoisotopic (exact) mass is 358 g/mol. The normalized spacial score (nSPS) is 10.1. The van der Waals surface area contributed by atoms with Crippen LogP contribution in [0.25, 0.3) is 0 Å². The van der Waals surface area contributed by atoms with Crippen LogP contribution in [0.3, 0.4) is 0 Å². The fraction of sp³-hybridized carbons (Fsp3) is 0.263. The average Bonchev–Trinajstić information content (AvgIpc) is 2.63. The number of methoxy groups -OCH3 is 1. The van der Waals surface area contributed by atoms with E-state index in [0.29, 0.717) is 18.1 Å². The molecule has 0 bridgehead atoms. The number of rotatable bonds is 8. The average molecular weight is 358 g/mol. The van der Waals surface area contributed by atoms with Gasteiger partial charge in [-0.25, -0.2) is 4.79 Å². The van der Waals surface area contributed by atoms with E-state index in [2.05, 4.69) is 15.4 Å². The molecule has 2 aromatic carbocycles. The molecule has 0 saturated heterocycles. The second-order valence-electron chi connectivity index (χ2n) is 5.39. The molecule has 25 heavy (non-hydrogen) atoms. The minimum absolute atomic E-state index is 0.227. The van der Waals surface area contributed by atoms with E-state index in [1.54, 1.807) is 0 Å². The van der Waals surface area contributed by atoms with E-state index in [1.807, 2.05) is 54.6 Å². The van der Waals surface area contributed by atoms with E-state index in [-0.39, 0.29) is 12.0 Å². The Balaban J connectivity index is 1.74. The molecule has 2 amide bonds. The molecule has 0 fully saturated rings. The third kappa shape index (κ3) is 7.30. The van der Waals surface area contributed by atoms with E-state index in [0.717, 1.165) is 17.7 Å². The molecule has 0 aliphatic rings. The number of anilines is 1. The van der Waals surface area contributed by atoms with Crippen LogP contribution >= 0.6 is 11.8 Å². The Kier molecular flexibility index (Phi) is 7.85. The third-order valence-corrected chi connectivity index (χ3v) is 4.42. The maximum Gasteiger partial charge on any atom is 0.319 e. The van der Waals surface area contributed by atoms with E-state index in [9.17, 15) is 9.59 Å². The van der Waals surface area contributed by atoms with Gasteiger partial charge in [0.15, 0.2) is 0 Å². The lowest BCUT2D eigenvalue weighted by Crippen LogP contribution is -2.30. The summed E-state index contributed by atoms with van der Waals surface area (Å²) < 4.78 is 4.61. The van der Waals surface area contributed by atoms with E-state index in [4.69, 9.17) is 0 Å². The Morgan fingerprint density at radius 2 is 1.80 bits per heavy atom. The molecule has 0 radical (unpaired) electrons. The Hall–Kier alpha value is -2.47. The van der Waals surface area contributed by atoms with Gasteiger partial charge in [-0.1, -0.05) is 42.5 Å². The Morgan fingerprint density at radius 3 is 2.56 bits per heavy atom. The van der Waals surface area contributed by atoms with Gasteiger partial charge in [-0.15, -0.1) is 11.8 Å². The number of carbonyl (C=O) groups excluding carboxylic acids is 2. The number of benzene rings is 2. The van der Waals surface area contributed by atoms with Crippen LogP contribution < -0.4 is 10.6 Å². The van der Waals surface area contributed by atoms with E-state index >= 15 is 0 Å². The van der Waals surface area contributed by atoms with Crippen molar-refractivity contribution >= 4 is 29.4 Å². The highest BCUT2D eigenvalue weighted by Crippen LogP contribution is 2.16. The van der Waals surface area contributed by atoms with Crippen LogP contribution in [0.15, 0.2) is 54.6 Å². The Morgan fingerprint density at radius 1 is 1.04 bits per heavy atom. The van der Waals surface area contributed by atoms with Crippen molar-refractivity contribution in [1.29, 1.82) is 0 Å². The lowest BCUT2D eigenvalue weighted by molar-refractivity contribution is -0.137. The van der Waals surface area contributed by atoms with Gasteiger partial charge >= 0.3 is 12.0 Å². The van der Waals surface area contributed by atoms with Gasteiger partial charge in [0, 0.05) is 18.0 Å². The van der Waals surface area contributed by atoms with Crippen LogP contribution in [-0.4, -0.2) is 31.4 Å². The van der Waals surface area contributed by atoms with Crippen LogP contribution in [-0.2, 0) is 21.7 Å². The van der Waals surface area contributed by atoms with Gasteiger partial charge in [0.25, 0.3) is 0 Å². The van der Waals surface area contributed by atoms with Crippen LogP contribution in [0.4, 0.5) is 10.5 Å². The second kappa shape index (κ2) is 10.4. The standard InChI is InChI=1S/C19H22N2O3S/c1-24-18(22)14-25-13-16-8-5-9-17(12-16)21-19(23)20-11-10-15-6-3-2-4-7-15/h2-9,12H,10-11,13-14H2,1H3,(H2,20,21,23). The number of amides is 2. The van der Waals surface area contributed by atoms with Crippen molar-refractivity contribution in [2.24, 2.45) is 0 Å². The summed E-state index contributed by atoms with van der Waals surface area (Å²) >= 11 is 1.48. The van der Waals surface area contributed by atoms with Crippen molar-refractivity contribution in [2.75, 3.05) is 24.7 Å². The molecule has 0 aliphatic heterocycles. The van der Waals surface area contributed by atoms with Crippen molar-refractivity contribution in [1.82, 2.24) is 5.32 Å². The molecule has 0 saturated carbocycles. The molecule has 0 atom stereocenters. The Bertz CT molecular complexity index is 692. The van der Waals surface area contributed by atoms with Crippen LogP contribution in [0.1, 0.15) is 11.1 Å². The minimum atomic E-state index is -0.239. The summed E-state index contributed by atoms with van der Waals surface area (Å²) in [6.45, 7) is 0.574. The first kappa shape index (κ1) is 18.9. The molecule has 132 valence electrons. The predicted octanol–water partition coefficient (Wildman–Crippen LogP) is 3.46. The van der Waals surface area contributed by atoms with Crippen LogP contribution in [0.2, 0.25) is 0 Å². The predicted molar refractivity (Wildman–Crippen MR) is 102 cm³/mol. The number of ether oxygens (including phenoxy) is 1. The SMILES string of the molecule is COC(=O)CSCc1cccc(NC(=O)NCCc2ccccc2)c1. The fourth-order valence-electron chi connectivity index (χ4n) is 2.19. The number of esters is 1. The summed E-state index contributed by atoms with van der Waals surface area (Å²) in [5.74, 6) is 0.756. The molecule has 0 aromatic heterocycles. The van der Waals surface area contributed by atoms with Crippen LogP contribution in [0, 0.1) is 0 Å². The maximum absolute atomic E-state index is 12.0. The fourth-order valence-corrected chi connectivity index (χ4v) is 2.99. The first-order chi connectivity index (χ1) is 12.2. The summed E-state index contributed by atoms with van der Waals surface area (Å²) in [5, 5.41) is 5.68. The highest BCUT2D eigenvalue weighted by atomic mass is 32.2. The molecule has 6 heteroatoms. The lowest BCUT2D eigenvalue weighted by Gasteiger charge is -2.09. The van der Waals surface area contributed by atoms with Gasteiger partial charge in [0.1, 0.15) is 0 Å². The van der Waals surface area contributed by atoms with Crippen molar-refractivity contribution in [3.63, 3.8) is 0 Å². The van der Waals surface area contributed by atoms with Gasteiger partial charge in [-0.3, -0.25) is 4.79 Å². The van der Waals surface area contributed by atoms with E-state index in [1.165, 1.54) is 24.4 Å². The minimum Gasteiger partial charge on any atom is -0.468 e. The van der Waals surface area contributed by atoms with Crippen molar-refractivity contribution in [3.8, 4) is 0 Å². The number of carbonyl (C=O) groups is 2. The van der Waals surface area contributed by atoms with Gasteiger partial charge in [-0.05, 0) is 29.7 Å². The smallest absolute Gasteiger partial charge is 0.319 e. The highest BCUT2D eigenvalue weighted by molar-refractivity contribution is 7.99. The summed E-state index contributed by atoms with van der Waals surface area (Å²) in [5.41, 5.74) is 2.96. The molecule has 0 aliphatic carbocycles. The third-order valence-electron chi connectivity index (χ3n) is 3.44. The Labute approximate surface area is 152 Å². The molecule has 2 N–H and O–H groups in total. The second-order valence-corrected chi connectivity index (χ2v) is 6.37. The lowest BCUT2D eigenvalue weighted by atomic mass is 10.1. The summed E-state index contributed by atoms with van der Waals surface area (Å²) in [6.07, 6.45) is 0.790. The first-order valence-corrected chi connectivity index (χ1v) is 9.15. The van der Waals surface area contributed by atoms with Crippen LogP contribution in [0.5, 0.6) is 0 Å².